The molecule has 17 heavy (non-hydrogen) atoms. The van der Waals surface area contributed by atoms with Crippen molar-refractivity contribution in [3.05, 3.63) is 0 Å². The Kier molecular flexibility index (Phi) is 9.81. The minimum Gasteiger partial charge on any atom is -0.383 e. The predicted molar refractivity (Wildman–Crippen MR) is 75.4 cm³/mol. The summed E-state index contributed by atoms with van der Waals surface area (Å²) in [6.07, 6.45) is 2.91. The summed E-state index contributed by atoms with van der Waals surface area (Å²) in [7, 11) is 1.72. The van der Waals surface area contributed by atoms with Gasteiger partial charge in [-0.2, -0.15) is 5.26 Å². The van der Waals surface area contributed by atoms with Crippen LogP contribution in [-0.4, -0.2) is 43.6 Å². The van der Waals surface area contributed by atoms with Gasteiger partial charge in [0.15, 0.2) is 0 Å². The van der Waals surface area contributed by atoms with Crippen molar-refractivity contribution in [3.63, 3.8) is 0 Å². The van der Waals surface area contributed by atoms with Crippen molar-refractivity contribution in [1.29, 1.82) is 5.26 Å². The zero-order chi connectivity index (χ0) is 13.1. The van der Waals surface area contributed by atoms with Crippen molar-refractivity contribution >= 4 is 15.9 Å². The summed E-state index contributed by atoms with van der Waals surface area (Å²) in [5, 5.41) is 9.71. The fraction of sp³-hybridized carbons (Fsp3) is 0.923. The van der Waals surface area contributed by atoms with E-state index in [9.17, 15) is 0 Å². The molecule has 0 aromatic rings. The van der Waals surface area contributed by atoms with Gasteiger partial charge >= 0.3 is 0 Å². The van der Waals surface area contributed by atoms with Gasteiger partial charge in [0.25, 0.3) is 0 Å². The van der Waals surface area contributed by atoms with Gasteiger partial charge in [0, 0.05) is 38.5 Å². The van der Waals surface area contributed by atoms with Crippen LogP contribution >= 0.6 is 15.9 Å². The lowest BCUT2D eigenvalue weighted by molar-refractivity contribution is 0.111. The van der Waals surface area contributed by atoms with E-state index in [2.05, 4.69) is 40.7 Å². The van der Waals surface area contributed by atoms with Crippen molar-refractivity contribution in [2.24, 2.45) is 5.41 Å². The van der Waals surface area contributed by atoms with Crippen LogP contribution in [0.25, 0.3) is 0 Å². The Balaban J connectivity index is 4.41. The maximum Gasteiger partial charge on any atom is 0.0635 e. The van der Waals surface area contributed by atoms with Crippen molar-refractivity contribution in [2.45, 2.75) is 33.1 Å². The van der Waals surface area contributed by atoms with E-state index in [1.165, 1.54) is 0 Å². The lowest BCUT2D eigenvalue weighted by atomic mass is 9.84. The van der Waals surface area contributed by atoms with Gasteiger partial charge in [0.05, 0.1) is 12.7 Å². The summed E-state index contributed by atoms with van der Waals surface area (Å²) >= 11 is 3.64. The molecule has 0 heterocycles. The van der Waals surface area contributed by atoms with Crippen LogP contribution in [0.1, 0.15) is 33.1 Å². The number of nitrogens with zero attached hydrogens (tertiary/aromatic N) is 2. The van der Waals surface area contributed by atoms with Gasteiger partial charge in [0.1, 0.15) is 0 Å². The molecule has 0 spiro atoms. The van der Waals surface area contributed by atoms with E-state index >= 15 is 0 Å². The van der Waals surface area contributed by atoms with Gasteiger partial charge in [-0.15, -0.1) is 0 Å². The third-order valence-electron chi connectivity index (χ3n) is 3.49. The first kappa shape index (κ1) is 16.9. The van der Waals surface area contributed by atoms with Crippen molar-refractivity contribution in [3.8, 4) is 6.07 Å². The Bertz CT molecular complexity index is 216. The van der Waals surface area contributed by atoms with Gasteiger partial charge in [-0.05, 0) is 18.3 Å². The average molecular weight is 305 g/mol. The SMILES string of the molecule is CCC(CC)(CBr)CN(CCC#N)CCOC. The predicted octanol–water partition coefficient (Wildman–Crippen LogP) is 3.05. The quantitative estimate of drug-likeness (QED) is 0.582. The molecule has 0 aromatic carbocycles. The number of hydrogen-bond acceptors (Lipinski definition) is 3. The molecule has 0 radical (unpaired) electrons. The zero-order valence-corrected chi connectivity index (χ0v) is 12.9. The highest BCUT2D eigenvalue weighted by atomic mass is 79.9. The van der Waals surface area contributed by atoms with Crippen LogP contribution in [-0.2, 0) is 4.74 Å². The summed E-state index contributed by atoms with van der Waals surface area (Å²) < 4.78 is 5.13. The highest BCUT2D eigenvalue weighted by Crippen LogP contribution is 2.29. The van der Waals surface area contributed by atoms with Crippen molar-refractivity contribution in [2.75, 3.05) is 38.7 Å². The summed E-state index contributed by atoms with van der Waals surface area (Å²) in [4.78, 5) is 2.35. The monoisotopic (exact) mass is 304 g/mol. The van der Waals surface area contributed by atoms with E-state index in [1.54, 1.807) is 7.11 Å². The molecule has 3 nitrogen and oxygen atoms in total. The molecule has 0 atom stereocenters. The van der Waals surface area contributed by atoms with Crippen LogP contribution in [0.15, 0.2) is 0 Å². The van der Waals surface area contributed by atoms with Gasteiger partial charge in [0.2, 0.25) is 0 Å². The fourth-order valence-electron chi connectivity index (χ4n) is 1.88. The average Bonchev–Trinajstić information content (AvgIpc) is 2.38. The van der Waals surface area contributed by atoms with Crippen LogP contribution < -0.4 is 0 Å². The number of hydrogen-bond donors (Lipinski definition) is 0. The molecule has 0 fully saturated rings. The fourth-order valence-corrected chi connectivity index (χ4v) is 2.85. The topological polar surface area (TPSA) is 36.3 Å². The highest BCUT2D eigenvalue weighted by molar-refractivity contribution is 9.09. The smallest absolute Gasteiger partial charge is 0.0635 e. The Morgan fingerprint density at radius 3 is 2.35 bits per heavy atom. The molecular weight excluding hydrogens is 280 g/mol. The van der Waals surface area contributed by atoms with Crippen LogP contribution in [0.2, 0.25) is 0 Å². The maximum absolute atomic E-state index is 8.69. The molecule has 0 aliphatic carbocycles. The van der Waals surface area contributed by atoms with E-state index in [-0.39, 0.29) is 0 Å². The van der Waals surface area contributed by atoms with E-state index in [0.717, 1.165) is 44.4 Å². The first-order chi connectivity index (χ1) is 8.17. The summed E-state index contributed by atoms with van der Waals surface area (Å²) in [6, 6.07) is 2.22. The molecule has 0 aliphatic heterocycles. The second-order valence-corrected chi connectivity index (χ2v) is 5.08. The first-order valence-corrected chi connectivity index (χ1v) is 7.44. The molecule has 0 rings (SSSR count). The number of rotatable bonds is 10. The largest absolute Gasteiger partial charge is 0.383 e. The minimum absolute atomic E-state index is 0.323. The molecule has 0 aliphatic rings. The standard InChI is InChI=1S/C13H25BrN2O/c1-4-13(5-2,11-14)12-16(8-6-7-15)9-10-17-3/h4-6,8-12H2,1-3H3. The summed E-state index contributed by atoms with van der Waals surface area (Å²) in [6.45, 7) is 8.00. The minimum atomic E-state index is 0.323. The van der Waals surface area contributed by atoms with Gasteiger partial charge in [-0.25, -0.2) is 0 Å². The summed E-state index contributed by atoms with van der Waals surface area (Å²) in [5.41, 5.74) is 0.323. The van der Waals surface area contributed by atoms with E-state index in [1.807, 2.05) is 0 Å². The van der Waals surface area contributed by atoms with E-state index in [0.29, 0.717) is 11.8 Å². The molecule has 0 saturated heterocycles. The zero-order valence-electron chi connectivity index (χ0n) is 11.3. The lowest BCUT2D eigenvalue weighted by Gasteiger charge is -2.35. The van der Waals surface area contributed by atoms with Crippen LogP contribution in [0.5, 0.6) is 0 Å². The van der Waals surface area contributed by atoms with Crippen LogP contribution in [0.4, 0.5) is 0 Å². The number of ether oxygens (including phenoxy) is 1. The maximum atomic E-state index is 8.69. The molecule has 0 amide bonds. The molecule has 0 bridgehead atoms. The number of nitriles is 1. The number of halogens is 1. The lowest BCUT2D eigenvalue weighted by Crippen LogP contribution is -2.40. The van der Waals surface area contributed by atoms with Gasteiger partial charge in [-0.3, -0.25) is 4.90 Å². The van der Waals surface area contributed by atoms with Crippen LogP contribution in [0.3, 0.4) is 0 Å². The third-order valence-corrected chi connectivity index (χ3v) is 4.68. The van der Waals surface area contributed by atoms with Crippen molar-refractivity contribution < 1.29 is 4.74 Å². The molecule has 100 valence electrons. The molecule has 0 N–H and O–H groups in total. The Morgan fingerprint density at radius 2 is 1.94 bits per heavy atom. The van der Waals surface area contributed by atoms with Gasteiger partial charge < -0.3 is 4.74 Å². The Hall–Kier alpha value is -0.110. The third kappa shape index (κ3) is 6.40. The molecular formula is C13H25BrN2O. The summed E-state index contributed by atoms with van der Waals surface area (Å²) in [5.74, 6) is 0. The van der Waals surface area contributed by atoms with Crippen LogP contribution in [0, 0.1) is 16.7 Å². The molecule has 0 saturated carbocycles. The Labute approximate surface area is 114 Å². The second-order valence-electron chi connectivity index (χ2n) is 4.52. The van der Waals surface area contributed by atoms with E-state index in [4.69, 9.17) is 10.00 Å². The molecule has 0 aromatic heterocycles. The number of alkyl halides is 1. The second kappa shape index (κ2) is 9.87. The highest BCUT2D eigenvalue weighted by Gasteiger charge is 2.27. The van der Waals surface area contributed by atoms with Crippen molar-refractivity contribution in [1.82, 2.24) is 4.90 Å². The molecule has 4 heteroatoms. The first-order valence-electron chi connectivity index (χ1n) is 6.32. The van der Waals surface area contributed by atoms with Gasteiger partial charge in [-0.1, -0.05) is 29.8 Å². The Morgan fingerprint density at radius 1 is 1.29 bits per heavy atom. The molecule has 0 unspecified atom stereocenters. The number of methoxy groups -OCH3 is 1. The van der Waals surface area contributed by atoms with E-state index < -0.39 is 0 Å². The normalized spacial score (nSPS) is 11.8.